The number of carbonyl (C=O) groups is 1. The number of nitrogens with zero attached hydrogens (tertiary/aromatic N) is 2. The zero-order valence-electron chi connectivity index (χ0n) is 11.0. The molecular weight excluding hydrogens is 300 g/mol. The van der Waals surface area contributed by atoms with Crippen LogP contribution in [0.5, 0.6) is 0 Å². The van der Waals surface area contributed by atoms with Crippen molar-refractivity contribution in [2.45, 2.75) is 17.6 Å². The Morgan fingerprint density at radius 3 is 2.75 bits per heavy atom. The van der Waals surface area contributed by atoms with Crippen LogP contribution in [0.3, 0.4) is 0 Å². The van der Waals surface area contributed by atoms with Gasteiger partial charge >= 0.3 is 5.97 Å². The zero-order chi connectivity index (χ0) is 14.9. The summed E-state index contributed by atoms with van der Waals surface area (Å²) < 4.78 is 13.8. The Bertz CT molecular complexity index is 697. The summed E-state index contributed by atoms with van der Waals surface area (Å²) in [4.78, 5) is 11.4. The molecule has 0 radical (unpaired) electrons. The first-order valence-corrected chi connectivity index (χ1v) is 7.49. The van der Waals surface area contributed by atoms with E-state index in [1.54, 1.807) is 26.1 Å². The standard InChI is InChI=1S/C13H13ClN2O3S/c1-8-11(12(14)16(2)15-8)7-20(19)10-5-3-4-9(6-10)13(17)18/h3-6H,7H2,1-2H3,(H,17,18). The topological polar surface area (TPSA) is 72.2 Å². The second-order valence-corrected chi connectivity index (χ2v) is 6.11. The Balaban J connectivity index is 2.28. The molecule has 20 heavy (non-hydrogen) atoms. The van der Waals surface area contributed by atoms with Crippen molar-refractivity contribution in [3.8, 4) is 0 Å². The minimum Gasteiger partial charge on any atom is -0.478 e. The van der Waals surface area contributed by atoms with Crippen LogP contribution in [0.2, 0.25) is 5.15 Å². The predicted octanol–water partition coefficient (Wildman–Crippen LogP) is 2.39. The van der Waals surface area contributed by atoms with Gasteiger partial charge in [0.2, 0.25) is 0 Å². The van der Waals surface area contributed by atoms with Crippen molar-refractivity contribution < 1.29 is 14.1 Å². The number of carboxylic acids is 1. The molecule has 1 atom stereocenters. The van der Waals surface area contributed by atoms with Crippen LogP contribution in [0.1, 0.15) is 21.6 Å². The maximum absolute atomic E-state index is 12.3. The molecule has 7 heteroatoms. The van der Waals surface area contributed by atoms with Crippen LogP contribution in [-0.2, 0) is 23.6 Å². The molecule has 0 saturated carbocycles. The first kappa shape index (κ1) is 14.7. The van der Waals surface area contributed by atoms with Crippen molar-refractivity contribution >= 4 is 28.4 Å². The zero-order valence-corrected chi connectivity index (χ0v) is 12.5. The molecule has 0 aliphatic rings. The highest BCUT2D eigenvalue weighted by molar-refractivity contribution is 7.84. The van der Waals surface area contributed by atoms with E-state index in [4.69, 9.17) is 16.7 Å². The summed E-state index contributed by atoms with van der Waals surface area (Å²) in [5.41, 5.74) is 1.55. The van der Waals surface area contributed by atoms with Gasteiger partial charge in [0.25, 0.3) is 0 Å². The number of aromatic carboxylic acids is 1. The van der Waals surface area contributed by atoms with E-state index in [1.807, 2.05) is 0 Å². The maximum atomic E-state index is 12.3. The average molecular weight is 313 g/mol. The van der Waals surface area contributed by atoms with Gasteiger partial charge in [-0.3, -0.25) is 8.89 Å². The molecule has 0 saturated heterocycles. The molecule has 2 aromatic rings. The third kappa shape index (κ3) is 2.91. The van der Waals surface area contributed by atoms with Crippen molar-refractivity contribution in [2.75, 3.05) is 0 Å². The SMILES string of the molecule is Cc1nn(C)c(Cl)c1CS(=O)c1cccc(C(=O)O)c1. The van der Waals surface area contributed by atoms with E-state index in [0.717, 1.165) is 5.69 Å². The Morgan fingerprint density at radius 1 is 1.50 bits per heavy atom. The van der Waals surface area contributed by atoms with Crippen molar-refractivity contribution in [1.82, 2.24) is 9.78 Å². The average Bonchev–Trinajstić information content (AvgIpc) is 2.65. The highest BCUT2D eigenvalue weighted by Crippen LogP contribution is 2.22. The normalized spacial score (nSPS) is 12.3. The van der Waals surface area contributed by atoms with Crippen LogP contribution in [0, 0.1) is 6.92 Å². The molecule has 1 heterocycles. The van der Waals surface area contributed by atoms with Gasteiger partial charge in [-0.15, -0.1) is 0 Å². The molecule has 1 N–H and O–H groups in total. The smallest absolute Gasteiger partial charge is 0.335 e. The van der Waals surface area contributed by atoms with Gasteiger partial charge in [0.15, 0.2) is 0 Å². The quantitative estimate of drug-likeness (QED) is 0.941. The van der Waals surface area contributed by atoms with E-state index in [-0.39, 0.29) is 11.3 Å². The van der Waals surface area contributed by atoms with Crippen molar-refractivity contribution in [3.05, 3.63) is 46.2 Å². The first-order valence-electron chi connectivity index (χ1n) is 5.80. The summed E-state index contributed by atoms with van der Waals surface area (Å²) in [6.07, 6.45) is 0. The Labute approximate surface area is 123 Å². The van der Waals surface area contributed by atoms with E-state index in [9.17, 15) is 9.00 Å². The van der Waals surface area contributed by atoms with Gasteiger partial charge < -0.3 is 5.11 Å². The molecule has 0 aliphatic carbocycles. The number of hydrogen-bond acceptors (Lipinski definition) is 3. The Hall–Kier alpha value is -1.66. The van der Waals surface area contributed by atoms with Gasteiger partial charge in [0.1, 0.15) is 5.15 Å². The van der Waals surface area contributed by atoms with Crippen LogP contribution >= 0.6 is 11.6 Å². The molecule has 0 fully saturated rings. The van der Waals surface area contributed by atoms with Crippen LogP contribution in [0.25, 0.3) is 0 Å². The van der Waals surface area contributed by atoms with Gasteiger partial charge in [-0.1, -0.05) is 17.7 Å². The second kappa shape index (κ2) is 5.76. The molecule has 1 unspecified atom stereocenters. The maximum Gasteiger partial charge on any atom is 0.335 e. The molecule has 106 valence electrons. The Kier molecular flexibility index (Phi) is 4.25. The summed E-state index contributed by atoms with van der Waals surface area (Å²) in [6.45, 7) is 1.80. The van der Waals surface area contributed by atoms with Gasteiger partial charge in [-0.05, 0) is 25.1 Å². The van der Waals surface area contributed by atoms with Gasteiger partial charge in [-0.2, -0.15) is 5.10 Å². The summed E-state index contributed by atoms with van der Waals surface area (Å²) in [5, 5.41) is 13.5. The molecular formula is C13H13ClN2O3S. The highest BCUT2D eigenvalue weighted by Gasteiger charge is 2.16. The fourth-order valence-electron chi connectivity index (χ4n) is 1.82. The number of rotatable bonds is 4. The van der Waals surface area contributed by atoms with Crippen LogP contribution in [-0.4, -0.2) is 25.1 Å². The Morgan fingerprint density at radius 2 is 2.20 bits per heavy atom. The predicted molar refractivity (Wildman–Crippen MR) is 76.5 cm³/mol. The minimum atomic E-state index is -1.37. The number of benzene rings is 1. The van der Waals surface area contributed by atoms with Crippen molar-refractivity contribution in [3.63, 3.8) is 0 Å². The van der Waals surface area contributed by atoms with E-state index < -0.39 is 16.8 Å². The van der Waals surface area contributed by atoms with Gasteiger partial charge in [0.05, 0.1) is 27.8 Å². The lowest BCUT2D eigenvalue weighted by atomic mass is 10.2. The summed E-state index contributed by atoms with van der Waals surface area (Å²) in [6, 6.07) is 6.10. The number of aryl methyl sites for hydroxylation is 2. The van der Waals surface area contributed by atoms with E-state index in [0.29, 0.717) is 15.6 Å². The lowest BCUT2D eigenvalue weighted by Gasteiger charge is -2.04. The largest absolute Gasteiger partial charge is 0.478 e. The fraction of sp³-hybridized carbons (Fsp3) is 0.231. The summed E-state index contributed by atoms with van der Waals surface area (Å²) >= 11 is 6.10. The molecule has 5 nitrogen and oxygen atoms in total. The molecule has 1 aromatic heterocycles. The fourth-order valence-corrected chi connectivity index (χ4v) is 3.41. The molecule has 0 aliphatic heterocycles. The van der Waals surface area contributed by atoms with E-state index >= 15 is 0 Å². The lowest BCUT2D eigenvalue weighted by Crippen LogP contribution is -2.01. The number of aromatic nitrogens is 2. The van der Waals surface area contributed by atoms with Gasteiger partial charge in [0, 0.05) is 17.5 Å². The molecule has 0 spiro atoms. The molecule has 1 aromatic carbocycles. The number of halogens is 1. The lowest BCUT2D eigenvalue weighted by molar-refractivity contribution is 0.0696. The van der Waals surface area contributed by atoms with Crippen molar-refractivity contribution in [2.24, 2.45) is 7.05 Å². The monoisotopic (exact) mass is 312 g/mol. The van der Waals surface area contributed by atoms with Crippen LogP contribution < -0.4 is 0 Å². The van der Waals surface area contributed by atoms with Crippen LogP contribution in [0.15, 0.2) is 29.2 Å². The molecule has 2 rings (SSSR count). The summed E-state index contributed by atoms with van der Waals surface area (Å²) in [7, 11) is 0.346. The third-order valence-corrected chi connectivity index (χ3v) is 4.69. The number of hydrogen-bond donors (Lipinski definition) is 1. The second-order valence-electron chi connectivity index (χ2n) is 4.30. The first-order chi connectivity index (χ1) is 9.40. The third-order valence-electron chi connectivity index (χ3n) is 2.89. The highest BCUT2D eigenvalue weighted by atomic mass is 35.5. The molecule has 0 bridgehead atoms. The van der Waals surface area contributed by atoms with Gasteiger partial charge in [-0.25, -0.2) is 4.79 Å². The molecule has 0 amide bonds. The minimum absolute atomic E-state index is 0.116. The van der Waals surface area contributed by atoms with Crippen molar-refractivity contribution in [1.29, 1.82) is 0 Å². The van der Waals surface area contributed by atoms with E-state index in [2.05, 4.69) is 5.10 Å². The van der Waals surface area contributed by atoms with Crippen LogP contribution in [0.4, 0.5) is 0 Å². The number of carboxylic acid groups (broad SMARTS) is 1. The van der Waals surface area contributed by atoms with E-state index in [1.165, 1.54) is 16.8 Å². The summed E-state index contributed by atoms with van der Waals surface area (Å²) in [5.74, 6) is -0.832.